The number of rotatable bonds is 6. The van der Waals surface area contributed by atoms with Crippen molar-refractivity contribution in [3.05, 3.63) is 95.1 Å². The van der Waals surface area contributed by atoms with Gasteiger partial charge in [0.05, 0.1) is 11.3 Å². The van der Waals surface area contributed by atoms with Crippen LogP contribution in [-0.2, 0) is 9.53 Å². The maximum Gasteiger partial charge on any atom is 0.341 e. The number of esters is 1. The Bertz CT molecular complexity index is 1050. The van der Waals surface area contributed by atoms with Crippen molar-refractivity contribution in [1.82, 2.24) is 4.90 Å². The fourth-order valence-electron chi connectivity index (χ4n) is 3.10. The molecule has 0 heterocycles. The van der Waals surface area contributed by atoms with Gasteiger partial charge in [-0.1, -0.05) is 54.6 Å². The topological polar surface area (TPSA) is 58.6 Å². The number of aryl methyl sites for hydroxylation is 1. The summed E-state index contributed by atoms with van der Waals surface area (Å²) in [7, 11) is 3.28. The Morgan fingerprint density at radius 2 is 1.47 bits per heavy atom. The van der Waals surface area contributed by atoms with Gasteiger partial charge in [0.15, 0.2) is 0 Å². The fraction of sp³-hybridized carbons (Fsp3) is 0.200. The number of amides is 1. The van der Waals surface area contributed by atoms with Crippen molar-refractivity contribution in [3.8, 4) is 0 Å². The van der Waals surface area contributed by atoms with Gasteiger partial charge >= 0.3 is 5.97 Å². The monoisotopic (exact) mass is 402 g/mol. The Morgan fingerprint density at radius 1 is 0.833 bits per heavy atom. The molecule has 0 aliphatic heterocycles. The molecular weight excluding hydrogens is 376 g/mol. The largest absolute Gasteiger partial charge is 0.444 e. The summed E-state index contributed by atoms with van der Waals surface area (Å²) in [4.78, 5) is 27.2. The van der Waals surface area contributed by atoms with E-state index in [4.69, 9.17) is 4.74 Å². The third kappa shape index (κ3) is 4.69. The summed E-state index contributed by atoms with van der Waals surface area (Å²) >= 11 is 0. The van der Waals surface area contributed by atoms with Crippen molar-refractivity contribution in [3.63, 3.8) is 0 Å². The number of ether oxygens (including phenoxy) is 1. The second-order valence-corrected chi connectivity index (χ2v) is 7.35. The Morgan fingerprint density at radius 3 is 2.17 bits per heavy atom. The van der Waals surface area contributed by atoms with Gasteiger partial charge in [0, 0.05) is 25.3 Å². The molecule has 1 atom stereocenters. The van der Waals surface area contributed by atoms with Crippen LogP contribution in [0.2, 0.25) is 0 Å². The third-order valence-electron chi connectivity index (χ3n) is 5.01. The highest BCUT2D eigenvalue weighted by atomic mass is 16.5. The minimum absolute atomic E-state index is 0.297. The Kier molecular flexibility index (Phi) is 6.52. The second kappa shape index (κ2) is 9.27. The lowest BCUT2D eigenvalue weighted by Gasteiger charge is -2.22. The van der Waals surface area contributed by atoms with Crippen LogP contribution in [0.3, 0.4) is 0 Å². The molecule has 5 nitrogen and oxygen atoms in total. The first-order chi connectivity index (χ1) is 14.4. The zero-order valence-corrected chi connectivity index (χ0v) is 17.7. The van der Waals surface area contributed by atoms with Crippen LogP contribution >= 0.6 is 0 Å². The molecule has 3 rings (SSSR count). The molecule has 3 aromatic carbocycles. The predicted molar refractivity (Wildman–Crippen MR) is 119 cm³/mol. The Balaban J connectivity index is 1.91. The van der Waals surface area contributed by atoms with E-state index in [2.05, 4.69) is 5.32 Å². The molecule has 0 fully saturated rings. The zero-order valence-electron chi connectivity index (χ0n) is 17.7. The molecule has 0 radical (unpaired) electrons. The van der Waals surface area contributed by atoms with Crippen LogP contribution in [0.25, 0.3) is 0 Å². The van der Waals surface area contributed by atoms with E-state index in [9.17, 15) is 9.59 Å². The molecule has 0 unspecified atom stereocenters. The molecule has 1 N–H and O–H groups in total. The summed E-state index contributed by atoms with van der Waals surface area (Å²) < 4.78 is 5.71. The number of benzene rings is 3. The van der Waals surface area contributed by atoms with Gasteiger partial charge < -0.3 is 15.0 Å². The normalized spacial score (nSPS) is 11.5. The molecule has 0 saturated carbocycles. The summed E-state index contributed by atoms with van der Waals surface area (Å²) in [6, 6.07) is 22.1. The molecule has 0 bridgehead atoms. The van der Waals surface area contributed by atoms with E-state index in [1.54, 1.807) is 38.4 Å². The highest BCUT2D eigenvalue weighted by molar-refractivity contribution is 5.98. The number of nitrogens with one attached hydrogen (secondary N) is 1. The van der Waals surface area contributed by atoms with E-state index in [0.29, 0.717) is 16.8 Å². The van der Waals surface area contributed by atoms with Gasteiger partial charge in [-0.3, -0.25) is 4.79 Å². The van der Waals surface area contributed by atoms with Crippen molar-refractivity contribution in [2.75, 3.05) is 19.4 Å². The van der Waals surface area contributed by atoms with E-state index in [0.717, 1.165) is 16.8 Å². The first kappa shape index (κ1) is 21.1. The predicted octanol–water partition coefficient (Wildman–Crippen LogP) is 5.03. The van der Waals surface area contributed by atoms with Gasteiger partial charge in [0.25, 0.3) is 5.91 Å². The number of carbonyl (C=O) groups is 2. The van der Waals surface area contributed by atoms with Gasteiger partial charge in [0.1, 0.15) is 0 Å². The van der Waals surface area contributed by atoms with Crippen LogP contribution < -0.4 is 5.32 Å². The molecule has 0 spiro atoms. The number of nitrogens with zero attached hydrogens (tertiary/aromatic N) is 1. The molecule has 30 heavy (non-hydrogen) atoms. The van der Waals surface area contributed by atoms with Crippen molar-refractivity contribution < 1.29 is 14.3 Å². The van der Waals surface area contributed by atoms with Gasteiger partial charge in [-0.05, 0) is 43.2 Å². The first-order valence-electron chi connectivity index (χ1n) is 9.78. The number of carbonyl (C=O) groups excluding carboxylic acids is 2. The molecule has 0 aliphatic carbocycles. The highest BCUT2D eigenvalue weighted by Gasteiger charge is 2.27. The lowest BCUT2D eigenvalue weighted by atomic mass is 10.1. The molecule has 1 amide bonds. The Hall–Kier alpha value is -3.60. The van der Waals surface area contributed by atoms with Crippen molar-refractivity contribution in [1.29, 1.82) is 0 Å². The van der Waals surface area contributed by atoms with Crippen LogP contribution in [-0.4, -0.2) is 30.9 Å². The standard InChI is InChI=1S/C25H26N2O3/c1-17-11-10-16-21(18(17)2)26-22-15-9-8-14-20(22)25(29)30-23(24(28)27(3)4)19-12-6-5-7-13-19/h5-16,23,26H,1-4H3/t23-/m1/s1. The quantitative estimate of drug-likeness (QED) is 0.587. The zero-order chi connectivity index (χ0) is 21.7. The van der Waals surface area contributed by atoms with Crippen molar-refractivity contribution >= 4 is 23.3 Å². The number of hydrogen-bond acceptors (Lipinski definition) is 4. The fourth-order valence-corrected chi connectivity index (χ4v) is 3.10. The third-order valence-corrected chi connectivity index (χ3v) is 5.01. The molecule has 0 saturated heterocycles. The highest BCUT2D eigenvalue weighted by Crippen LogP contribution is 2.28. The molecule has 0 aliphatic rings. The minimum Gasteiger partial charge on any atom is -0.444 e. The average molecular weight is 402 g/mol. The number of para-hydroxylation sites is 1. The summed E-state index contributed by atoms with van der Waals surface area (Å²) in [6.07, 6.45) is -1.01. The summed E-state index contributed by atoms with van der Waals surface area (Å²) in [6.45, 7) is 4.07. The summed E-state index contributed by atoms with van der Waals surface area (Å²) in [5, 5.41) is 3.33. The van der Waals surface area contributed by atoms with Crippen LogP contribution in [0, 0.1) is 13.8 Å². The first-order valence-corrected chi connectivity index (χ1v) is 9.78. The molecular formula is C25H26N2O3. The molecule has 3 aromatic rings. The Labute approximate surface area is 177 Å². The molecule has 154 valence electrons. The van der Waals surface area contributed by atoms with Gasteiger partial charge in [-0.15, -0.1) is 0 Å². The lowest BCUT2D eigenvalue weighted by molar-refractivity contribution is -0.138. The van der Waals surface area contributed by atoms with E-state index >= 15 is 0 Å². The summed E-state index contributed by atoms with van der Waals surface area (Å²) in [5.74, 6) is -0.859. The maximum absolute atomic E-state index is 13.1. The minimum atomic E-state index is -1.01. The van der Waals surface area contributed by atoms with E-state index in [1.807, 2.05) is 62.4 Å². The average Bonchev–Trinajstić information content (AvgIpc) is 2.75. The van der Waals surface area contributed by atoms with Crippen LogP contribution in [0.4, 0.5) is 11.4 Å². The number of hydrogen-bond donors (Lipinski definition) is 1. The van der Waals surface area contributed by atoms with Crippen molar-refractivity contribution in [2.45, 2.75) is 20.0 Å². The second-order valence-electron chi connectivity index (χ2n) is 7.35. The summed E-state index contributed by atoms with van der Waals surface area (Å²) in [5.41, 5.74) is 4.79. The lowest BCUT2D eigenvalue weighted by Crippen LogP contribution is -2.31. The SMILES string of the molecule is Cc1cccc(Nc2ccccc2C(=O)O[C@@H](C(=O)N(C)C)c2ccccc2)c1C. The van der Waals surface area contributed by atoms with Gasteiger partial charge in [-0.25, -0.2) is 4.79 Å². The smallest absolute Gasteiger partial charge is 0.341 e. The van der Waals surface area contributed by atoms with E-state index < -0.39 is 12.1 Å². The molecule has 5 heteroatoms. The number of anilines is 2. The van der Waals surface area contributed by atoms with Gasteiger partial charge in [0.2, 0.25) is 6.10 Å². The van der Waals surface area contributed by atoms with Crippen LogP contribution in [0.15, 0.2) is 72.8 Å². The van der Waals surface area contributed by atoms with Crippen molar-refractivity contribution in [2.24, 2.45) is 0 Å². The van der Waals surface area contributed by atoms with E-state index in [-0.39, 0.29) is 5.91 Å². The van der Waals surface area contributed by atoms with Gasteiger partial charge in [-0.2, -0.15) is 0 Å². The number of likely N-dealkylation sites (N-methyl/N-ethyl adjacent to an activating group) is 1. The van der Waals surface area contributed by atoms with E-state index in [1.165, 1.54) is 4.90 Å². The molecule has 0 aromatic heterocycles. The van der Waals surface area contributed by atoms with Crippen LogP contribution in [0.1, 0.15) is 33.2 Å². The van der Waals surface area contributed by atoms with Crippen LogP contribution in [0.5, 0.6) is 0 Å². The maximum atomic E-state index is 13.1.